The lowest BCUT2D eigenvalue weighted by molar-refractivity contribution is 0.374. The molecule has 1 aromatic heterocycles. The molecule has 1 heterocycles. The minimum absolute atomic E-state index is 0.208. The van der Waals surface area contributed by atoms with Gasteiger partial charge in [-0.25, -0.2) is 4.39 Å². The van der Waals surface area contributed by atoms with Crippen LogP contribution in [0.2, 0.25) is 0 Å². The van der Waals surface area contributed by atoms with Gasteiger partial charge >= 0.3 is 0 Å². The summed E-state index contributed by atoms with van der Waals surface area (Å²) in [6.45, 7) is 2.99. The van der Waals surface area contributed by atoms with E-state index in [1.54, 1.807) is 31.8 Å². The second-order valence-corrected chi connectivity index (χ2v) is 6.05. The van der Waals surface area contributed by atoms with Gasteiger partial charge in [0.2, 0.25) is 5.89 Å². The van der Waals surface area contributed by atoms with Crippen LogP contribution >= 0.6 is 11.8 Å². The minimum atomic E-state index is -0.208. The quantitative estimate of drug-likeness (QED) is 0.589. The second-order valence-electron chi connectivity index (χ2n) is 5.18. The second kappa shape index (κ2) is 9.27. The number of aliphatic imine (C=N–C) groups is 1. The smallest absolute Gasteiger partial charge is 0.228 e. The van der Waals surface area contributed by atoms with Crippen LogP contribution in [0.25, 0.3) is 0 Å². The molecule has 2 N–H and O–H groups in total. The SMILES string of the molecule is CN=C(NCCc1nc(C)no1)NCc1ccc(F)cc1CSC. The number of halogens is 1. The molecule has 0 aliphatic carbocycles. The van der Waals surface area contributed by atoms with Gasteiger partial charge in [0.05, 0.1) is 0 Å². The zero-order valence-electron chi connectivity index (χ0n) is 14.1. The maximum absolute atomic E-state index is 13.4. The molecule has 2 aromatic rings. The van der Waals surface area contributed by atoms with E-state index >= 15 is 0 Å². The molecule has 8 heteroatoms. The lowest BCUT2D eigenvalue weighted by Crippen LogP contribution is -2.38. The summed E-state index contributed by atoms with van der Waals surface area (Å²) in [6, 6.07) is 4.87. The average Bonchev–Trinajstić information content (AvgIpc) is 2.98. The van der Waals surface area contributed by atoms with Crippen LogP contribution in [0.3, 0.4) is 0 Å². The number of guanidine groups is 1. The molecule has 0 fully saturated rings. The number of hydrogen-bond donors (Lipinski definition) is 2. The standard InChI is InChI=1S/C16H22FN5OS/c1-11-21-15(23-22-11)6-7-19-16(18-2)20-9-12-4-5-14(17)8-13(12)10-24-3/h4-5,8H,6-7,9-10H2,1-3H3,(H2,18,19,20). The van der Waals surface area contributed by atoms with Crippen molar-refractivity contribution in [2.45, 2.75) is 25.6 Å². The highest BCUT2D eigenvalue weighted by Crippen LogP contribution is 2.16. The van der Waals surface area contributed by atoms with Crippen molar-refractivity contribution in [3.05, 3.63) is 46.9 Å². The Balaban J connectivity index is 1.85. The molecule has 0 aliphatic heterocycles. The topological polar surface area (TPSA) is 75.3 Å². The monoisotopic (exact) mass is 351 g/mol. The number of thioether (sulfide) groups is 1. The van der Waals surface area contributed by atoms with Gasteiger partial charge in [-0.2, -0.15) is 16.7 Å². The zero-order valence-corrected chi connectivity index (χ0v) is 14.9. The van der Waals surface area contributed by atoms with Crippen molar-refractivity contribution in [2.24, 2.45) is 4.99 Å². The van der Waals surface area contributed by atoms with Crippen molar-refractivity contribution in [3.8, 4) is 0 Å². The van der Waals surface area contributed by atoms with Gasteiger partial charge in [0.1, 0.15) is 5.82 Å². The van der Waals surface area contributed by atoms with Crippen LogP contribution in [0.1, 0.15) is 22.8 Å². The van der Waals surface area contributed by atoms with Crippen LogP contribution < -0.4 is 10.6 Å². The number of benzene rings is 1. The third-order valence-corrected chi connectivity index (χ3v) is 3.94. The highest BCUT2D eigenvalue weighted by molar-refractivity contribution is 7.97. The van der Waals surface area contributed by atoms with E-state index < -0.39 is 0 Å². The maximum Gasteiger partial charge on any atom is 0.228 e. The van der Waals surface area contributed by atoms with Crippen LogP contribution in [0.4, 0.5) is 4.39 Å². The summed E-state index contributed by atoms with van der Waals surface area (Å²) < 4.78 is 18.4. The Bertz CT molecular complexity index is 689. The maximum atomic E-state index is 13.4. The molecular formula is C16H22FN5OS. The number of aromatic nitrogens is 2. The lowest BCUT2D eigenvalue weighted by Gasteiger charge is -2.13. The first-order chi connectivity index (χ1) is 11.6. The average molecular weight is 351 g/mol. The summed E-state index contributed by atoms with van der Waals surface area (Å²) in [4.78, 5) is 8.33. The molecule has 0 atom stereocenters. The van der Waals surface area contributed by atoms with Gasteiger partial charge in [0.15, 0.2) is 11.8 Å². The first-order valence-electron chi connectivity index (χ1n) is 7.62. The molecule has 0 saturated carbocycles. The molecule has 6 nitrogen and oxygen atoms in total. The summed E-state index contributed by atoms with van der Waals surface area (Å²) in [5, 5.41) is 10.2. The third kappa shape index (κ3) is 5.52. The number of aryl methyl sites for hydroxylation is 1. The van der Waals surface area contributed by atoms with E-state index in [9.17, 15) is 4.39 Å². The Hall–Kier alpha value is -2.09. The molecule has 130 valence electrons. The van der Waals surface area contributed by atoms with Crippen LogP contribution in [0.5, 0.6) is 0 Å². The molecule has 0 spiro atoms. The third-order valence-electron chi connectivity index (χ3n) is 3.34. The molecule has 2 rings (SSSR count). The summed E-state index contributed by atoms with van der Waals surface area (Å²) in [6.07, 6.45) is 2.62. The first-order valence-corrected chi connectivity index (χ1v) is 9.01. The molecule has 0 aliphatic rings. The zero-order chi connectivity index (χ0) is 17.4. The minimum Gasteiger partial charge on any atom is -0.356 e. The predicted octanol–water partition coefficient (Wildman–Crippen LogP) is 2.29. The largest absolute Gasteiger partial charge is 0.356 e. The number of nitrogens with zero attached hydrogens (tertiary/aromatic N) is 3. The molecule has 0 unspecified atom stereocenters. The van der Waals surface area contributed by atoms with Crippen molar-refractivity contribution >= 4 is 17.7 Å². The Kier molecular flexibility index (Phi) is 7.05. The lowest BCUT2D eigenvalue weighted by atomic mass is 10.1. The van der Waals surface area contributed by atoms with Crippen molar-refractivity contribution < 1.29 is 8.91 Å². The summed E-state index contributed by atoms with van der Waals surface area (Å²) in [5.74, 6) is 2.46. The van der Waals surface area contributed by atoms with E-state index in [2.05, 4.69) is 25.8 Å². The van der Waals surface area contributed by atoms with E-state index in [0.29, 0.717) is 37.2 Å². The molecule has 0 saturated heterocycles. The van der Waals surface area contributed by atoms with Crippen LogP contribution in [-0.4, -0.2) is 35.9 Å². The fourth-order valence-corrected chi connectivity index (χ4v) is 2.77. The van der Waals surface area contributed by atoms with Crippen LogP contribution in [0.15, 0.2) is 27.7 Å². The Morgan fingerprint density at radius 3 is 2.83 bits per heavy atom. The number of hydrogen-bond acceptors (Lipinski definition) is 5. The van der Waals surface area contributed by atoms with Gasteiger partial charge < -0.3 is 15.2 Å². The van der Waals surface area contributed by atoms with E-state index in [0.717, 1.165) is 16.9 Å². The Morgan fingerprint density at radius 1 is 1.33 bits per heavy atom. The van der Waals surface area contributed by atoms with Gasteiger partial charge in [-0.15, -0.1) is 0 Å². The van der Waals surface area contributed by atoms with Crippen molar-refractivity contribution in [3.63, 3.8) is 0 Å². The number of nitrogens with one attached hydrogen (secondary N) is 2. The van der Waals surface area contributed by atoms with Gasteiger partial charge in [-0.05, 0) is 36.4 Å². The fourth-order valence-electron chi connectivity index (χ4n) is 2.19. The summed E-state index contributed by atoms with van der Waals surface area (Å²) in [7, 11) is 1.71. The van der Waals surface area contributed by atoms with Crippen molar-refractivity contribution in [2.75, 3.05) is 19.8 Å². The molecule has 1 aromatic carbocycles. The first kappa shape index (κ1) is 18.3. The number of rotatable bonds is 7. The van der Waals surface area contributed by atoms with Crippen molar-refractivity contribution in [1.29, 1.82) is 0 Å². The van der Waals surface area contributed by atoms with Gasteiger partial charge in [-0.3, -0.25) is 4.99 Å². The van der Waals surface area contributed by atoms with Crippen LogP contribution in [0, 0.1) is 12.7 Å². The molecule has 0 amide bonds. The molecule has 0 radical (unpaired) electrons. The molecular weight excluding hydrogens is 329 g/mol. The highest BCUT2D eigenvalue weighted by Gasteiger charge is 2.06. The Morgan fingerprint density at radius 2 is 2.17 bits per heavy atom. The van der Waals surface area contributed by atoms with Gasteiger partial charge in [0.25, 0.3) is 0 Å². The highest BCUT2D eigenvalue weighted by atomic mass is 32.2. The summed E-state index contributed by atoms with van der Waals surface area (Å²) in [5.41, 5.74) is 2.05. The predicted molar refractivity (Wildman–Crippen MR) is 94.6 cm³/mol. The molecule has 24 heavy (non-hydrogen) atoms. The van der Waals surface area contributed by atoms with Gasteiger partial charge in [0, 0.05) is 32.3 Å². The Labute approximate surface area is 145 Å². The summed E-state index contributed by atoms with van der Waals surface area (Å²) >= 11 is 1.67. The van der Waals surface area contributed by atoms with E-state index in [1.807, 2.05) is 12.3 Å². The van der Waals surface area contributed by atoms with Crippen LogP contribution in [-0.2, 0) is 18.7 Å². The van der Waals surface area contributed by atoms with E-state index in [1.165, 1.54) is 6.07 Å². The van der Waals surface area contributed by atoms with Crippen molar-refractivity contribution in [1.82, 2.24) is 20.8 Å². The van der Waals surface area contributed by atoms with E-state index in [-0.39, 0.29) is 5.82 Å². The van der Waals surface area contributed by atoms with Gasteiger partial charge in [-0.1, -0.05) is 11.2 Å². The molecule has 0 bridgehead atoms. The fraction of sp³-hybridized carbons (Fsp3) is 0.438. The normalized spacial score (nSPS) is 11.6. The van der Waals surface area contributed by atoms with E-state index in [4.69, 9.17) is 4.52 Å².